The molecular formula is C17H21NO2. The maximum atomic E-state index is 6.38. The van der Waals surface area contributed by atoms with Crippen LogP contribution in [0.25, 0.3) is 0 Å². The molecule has 0 aliphatic rings. The molecule has 3 nitrogen and oxygen atoms in total. The third-order valence-corrected chi connectivity index (χ3v) is 3.17. The van der Waals surface area contributed by atoms with Crippen LogP contribution in [0.1, 0.15) is 30.5 Å². The Morgan fingerprint density at radius 3 is 2.65 bits per heavy atom. The second-order valence-corrected chi connectivity index (χ2v) is 4.64. The van der Waals surface area contributed by atoms with Gasteiger partial charge in [-0.3, -0.25) is 0 Å². The van der Waals surface area contributed by atoms with Gasteiger partial charge in [-0.25, -0.2) is 0 Å². The Bertz CT molecular complexity index is 554. The molecule has 0 radical (unpaired) electrons. The number of hydrogen-bond donors (Lipinski definition) is 1. The van der Waals surface area contributed by atoms with Gasteiger partial charge in [-0.2, -0.15) is 0 Å². The number of rotatable bonds is 6. The summed E-state index contributed by atoms with van der Waals surface area (Å²) in [5.41, 5.74) is 8.38. The molecule has 1 atom stereocenters. The van der Waals surface area contributed by atoms with Crippen molar-refractivity contribution in [1.82, 2.24) is 0 Å². The zero-order chi connectivity index (χ0) is 14.4. The summed E-state index contributed by atoms with van der Waals surface area (Å²) in [7, 11) is 1.66. The fourth-order valence-electron chi connectivity index (χ4n) is 2.10. The van der Waals surface area contributed by atoms with Gasteiger partial charge in [0.2, 0.25) is 0 Å². The first-order chi connectivity index (χ1) is 9.76. The molecule has 0 spiro atoms. The van der Waals surface area contributed by atoms with E-state index >= 15 is 0 Å². The fourth-order valence-corrected chi connectivity index (χ4v) is 2.10. The molecule has 2 aromatic carbocycles. The van der Waals surface area contributed by atoms with Crippen LogP contribution in [0, 0.1) is 0 Å². The molecule has 1 unspecified atom stereocenters. The van der Waals surface area contributed by atoms with Crippen LogP contribution in [0.4, 0.5) is 0 Å². The highest BCUT2D eigenvalue weighted by molar-refractivity contribution is 5.43. The van der Waals surface area contributed by atoms with Crippen molar-refractivity contribution in [2.24, 2.45) is 5.73 Å². The summed E-state index contributed by atoms with van der Waals surface area (Å²) < 4.78 is 11.0. The Balaban J connectivity index is 2.29. The molecule has 2 N–H and O–H groups in total. The quantitative estimate of drug-likeness (QED) is 0.874. The highest BCUT2D eigenvalue weighted by Crippen LogP contribution is 2.29. The maximum Gasteiger partial charge on any atom is 0.124 e. The lowest BCUT2D eigenvalue weighted by molar-refractivity contribution is 0.313. The van der Waals surface area contributed by atoms with Crippen LogP contribution in [-0.4, -0.2) is 13.7 Å². The van der Waals surface area contributed by atoms with Crippen LogP contribution in [-0.2, 0) is 0 Å². The summed E-state index contributed by atoms with van der Waals surface area (Å²) >= 11 is 0. The molecule has 0 aromatic heterocycles. The van der Waals surface area contributed by atoms with Crippen molar-refractivity contribution >= 4 is 0 Å². The Morgan fingerprint density at radius 1 is 1.10 bits per heavy atom. The SMILES string of the molecule is CCCOc1ccccc1C(N)c1cccc(OC)c1. The molecule has 0 amide bonds. The lowest BCUT2D eigenvalue weighted by atomic mass is 9.98. The molecule has 2 rings (SSSR count). The summed E-state index contributed by atoms with van der Waals surface area (Å²) in [6.07, 6.45) is 0.975. The van der Waals surface area contributed by atoms with Crippen LogP contribution in [0.3, 0.4) is 0 Å². The number of hydrogen-bond acceptors (Lipinski definition) is 3. The monoisotopic (exact) mass is 271 g/mol. The third-order valence-electron chi connectivity index (χ3n) is 3.17. The minimum atomic E-state index is -0.224. The number of methoxy groups -OCH3 is 1. The Labute approximate surface area is 120 Å². The summed E-state index contributed by atoms with van der Waals surface area (Å²) in [6.45, 7) is 2.78. The summed E-state index contributed by atoms with van der Waals surface area (Å²) in [4.78, 5) is 0. The van der Waals surface area contributed by atoms with Crippen LogP contribution in [0.2, 0.25) is 0 Å². The largest absolute Gasteiger partial charge is 0.497 e. The molecule has 0 fully saturated rings. The lowest BCUT2D eigenvalue weighted by Gasteiger charge is -2.17. The zero-order valence-corrected chi connectivity index (χ0v) is 12.0. The molecule has 0 heterocycles. The van der Waals surface area contributed by atoms with Gasteiger partial charge in [0, 0.05) is 5.56 Å². The van der Waals surface area contributed by atoms with E-state index in [2.05, 4.69) is 6.92 Å². The molecular weight excluding hydrogens is 250 g/mol. The second-order valence-electron chi connectivity index (χ2n) is 4.64. The topological polar surface area (TPSA) is 44.5 Å². The summed E-state index contributed by atoms with van der Waals surface area (Å²) in [5, 5.41) is 0. The molecule has 3 heteroatoms. The van der Waals surface area contributed by atoms with Gasteiger partial charge in [-0.05, 0) is 30.2 Å². The third kappa shape index (κ3) is 3.31. The van der Waals surface area contributed by atoms with E-state index in [1.807, 2.05) is 48.5 Å². The number of para-hydroxylation sites is 1. The van der Waals surface area contributed by atoms with E-state index < -0.39 is 0 Å². The lowest BCUT2D eigenvalue weighted by Crippen LogP contribution is -2.13. The van der Waals surface area contributed by atoms with E-state index in [1.54, 1.807) is 7.11 Å². The molecule has 20 heavy (non-hydrogen) atoms. The normalized spacial score (nSPS) is 11.9. The van der Waals surface area contributed by atoms with Crippen molar-refractivity contribution in [2.75, 3.05) is 13.7 Å². The van der Waals surface area contributed by atoms with E-state index in [9.17, 15) is 0 Å². The van der Waals surface area contributed by atoms with E-state index in [1.165, 1.54) is 0 Å². The van der Waals surface area contributed by atoms with Crippen molar-refractivity contribution in [1.29, 1.82) is 0 Å². The van der Waals surface area contributed by atoms with Gasteiger partial charge in [0.1, 0.15) is 11.5 Å². The molecule has 0 saturated heterocycles. The minimum Gasteiger partial charge on any atom is -0.497 e. The molecule has 0 aliphatic carbocycles. The van der Waals surface area contributed by atoms with Gasteiger partial charge in [-0.1, -0.05) is 37.3 Å². The Hall–Kier alpha value is -2.00. The zero-order valence-electron chi connectivity index (χ0n) is 12.0. The molecule has 2 aromatic rings. The highest BCUT2D eigenvalue weighted by atomic mass is 16.5. The van der Waals surface area contributed by atoms with Crippen LogP contribution < -0.4 is 15.2 Å². The fraction of sp³-hybridized carbons (Fsp3) is 0.294. The first-order valence-corrected chi connectivity index (χ1v) is 6.87. The highest BCUT2D eigenvalue weighted by Gasteiger charge is 2.14. The van der Waals surface area contributed by atoms with Gasteiger partial charge >= 0.3 is 0 Å². The van der Waals surface area contributed by atoms with Crippen molar-refractivity contribution in [3.8, 4) is 11.5 Å². The maximum absolute atomic E-state index is 6.38. The first kappa shape index (κ1) is 14.4. The van der Waals surface area contributed by atoms with Crippen molar-refractivity contribution < 1.29 is 9.47 Å². The van der Waals surface area contributed by atoms with Crippen molar-refractivity contribution in [3.63, 3.8) is 0 Å². The molecule has 0 bridgehead atoms. The number of ether oxygens (including phenoxy) is 2. The minimum absolute atomic E-state index is 0.224. The van der Waals surface area contributed by atoms with Crippen LogP contribution >= 0.6 is 0 Å². The average Bonchev–Trinajstić information content (AvgIpc) is 2.52. The summed E-state index contributed by atoms with van der Waals surface area (Å²) in [6, 6.07) is 15.5. The summed E-state index contributed by atoms with van der Waals surface area (Å²) in [5.74, 6) is 1.66. The number of benzene rings is 2. The first-order valence-electron chi connectivity index (χ1n) is 6.87. The predicted octanol–water partition coefficient (Wildman–Crippen LogP) is 3.53. The van der Waals surface area contributed by atoms with Crippen molar-refractivity contribution in [3.05, 3.63) is 59.7 Å². The van der Waals surface area contributed by atoms with Gasteiger partial charge in [0.05, 0.1) is 19.8 Å². The van der Waals surface area contributed by atoms with Gasteiger partial charge < -0.3 is 15.2 Å². The predicted molar refractivity (Wildman–Crippen MR) is 81.3 cm³/mol. The van der Waals surface area contributed by atoms with Crippen molar-refractivity contribution in [2.45, 2.75) is 19.4 Å². The van der Waals surface area contributed by atoms with E-state index in [-0.39, 0.29) is 6.04 Å². The van der Waals surface area contributed by atoms with Gasteiger partial charge in [0.15, 0.2) is 0 Å². The van der Waals surface area contributed by atoms with Crippen LogP contribution in [0.15, 0.2) is 48.5 Å². The van der Waals surface area contributed by atoms with E-state index in [0.717, 1.165) is 29.0 Å². The van der Waals surface area contributed by atoms with Gasteiger partial charge in [0.25, 0.3) is 0 Å². The molecule has 0 saturated carbocycles. The van der Waals surface area contributed by atoms with E-state index in [0.29, 0.717) is 6.61 Å². The Kier molecular flexibility index (Phi) is 5.02. The van der Waals surface area contributed by atoms with Crippen LogP contribution in [0.5, 0.6) is 11.5 Å². The number of nitrogens with two attached hydrogens (primary N) is 1. The Morgan fingerprint density at radius 2 is 1.90 bits per heavy atom. The smallest absolute Gasteiger partial charge is 0.124 e. The average molecular weight is 271 g/mol. The molecule has 106 valence electrons. The second kappa shape index (κ2) is 6.96. The standard InChI is InChI=1S/C17H21NO2/c1-3-11-20-16-10-5-4-9-15(16)17(18)13-7-6-8-14(12-13)19-2/h4-10,12,17H,3,11,18H2,1-2H3. The van der Waals surface area contributed by atoms with Gasteiger partial charge in [-0.15, -0.1) is 0 Å². The van der Waals surface area contributed by atoms with E-state index in [4.69, 9.17) is 15.2 Å². The molecule has 0 aliphatic heterocycles.